The second-order valence-electron chi connectivity index (χ2n) is 3.80. The molecule has 0 aromatic carbocycles. The standard InChI is InChI=1S/C11H17NO/c1-8(2)9(3)11(13)10-6-4-5-7-12-10/h4-9,11,13H,1-3H3. The third-order valence-electron chi connectivity index (χ3n) is 2.54. The molecular weight excluding hydrogens is 162 g/mol. The zero-order chi connectivity index (χ0) is 9.84. The topological polar surface area (TPSA) is 33.1 Å². The monoisotopic (exact) mass is 179 g/mol. The summed E-state index contributed by atoms with van der Waals surface area (Å²) in [7, 11) is 0. The summed E-state index contributed by atoms with van der Waals surface area (Å²) in [5.74, 6) is 0.715. The number of aromatic nitrogens is 1. The summed E-state index contributed by atoms with van der Waals surface area (Å²) in [5.41, 5.74) is 0.767. The van der Waals surface area contributed by atoms with E-state index in [2.05, 4.69) is 18.8 Å². The van der Waals surface area contributed by atoms with Crippen molar-refractivity contribution in [3.8, 4) is 0 Å². The van der Waals surface area contributed by atoms with Crippen molar-refractivity contribution < 1.29 is 5.11 Å². The minimum Gasteiger partial charge on any atom is -0.387 e. The largest absolute Gasteiger partial charge is 0.387 e. The maximum absolute atomic E-state index is 9.90. The molecular formula is C11H17NO. The van der Waals surface area contributed by atoms with Gasteiger partial charge >= 0.3 is 0 Å². The Hall–Kier alpha value is -0.890. The molecule has 1 aromatic rings. The van der Waals surface area contributed by atoms with E-state index >= 15 is 0 Å². The van der Waals surface area contributed by atoms with Gasteiger partial charge < -0.3 is 5.11 Å². The summed E-state index contributed by atoms with van der Waals surface area (Å²) >= 11 is 0. The van der Waals surface area contributed by atoms with Gasteiger partial charge in [-0.05, 0) is 24.0 Å². The lowest BCUT2D eigenvalue weighted by Gasteiger charge is -2.21. The van der Waals surface area contributed by atoms with E-state index < -0.39 is 6.10 Å². The predicted molar refractivity (Wildman–Crippen MR) is 53.2 cm³/mol. The van der Waals surface area contributed by atoms with E-state index in [0.717, 1.165) is 5.69 Å². The molecule has 72 valence electrons. The molecule has 2 nitrogen and oxygen atoms in total. The molecule has 0 fully saturated rings. The Morgan fingerprint density at radius 2 is 1.92 bits per heavy atom. The molecule has 1 N–H and O–H groups in total. The molecule has 0 bridgehead atoms. The van der Waals surface area contributed by atoms with E-state index in [1.54, 1.807) is 6.20 Å². The van der Waals surface area contributed by atoms with Crippen LogP contribution in [0.3, 0.4) is 0 Å². The second-order valence-corrected chi connectivity index (χ2v) is 3.80. The third kappa shape index (κ3) is 2.52. The lowest BCUT2D eigenvalue weighted by molar-refractivity contribution is 0.0882. The summed E-state index contributed by atoms with van der Waals surface area (Å²) in [5, 5.41) is 9.90. The van der Waals surface area contributed by atoms with Crippen molar-refractivity contribution in [2.75, 3.05) is 0 Å². The Labute approximate surface area is 79.6 Å². The number of nitrogens with zero attached hydrogens (tertiary/aromatic N) is 1. The Kier molecular flexibility index (Phi) is 3.43. The smallest absolute Gasteiger partial charge is 0.0987 e. The van der Waals surface area contributed by atoms with Gasteiger partial charge in [-0.25, -0.2) is 0 Å². The first-order valence-corrected chi connectivity index (χ1v) is 4.72. The molecule has 13 heavy (non-hydrogen) atoms. The van der Waals surface area contributed by atoms with Crippen LogP contribution in [0.15, 0.2) is 24.4 Å². The van der Waals surface area contributed by atoms with Gasteiger partial charge in [0.1, 0.15) is 0 Å². The normalized spacial score (nSPS) is 15.8. The Bertz CT molecular complexity index is 246. The van der Waals surface area contributed by atoms with Crippen molar-refractivity contribution in [3.05, 3.63) is 30.1 Å². The summed E-state index contributed by atoms with van der Waals surface area (Å²) in [6, 6.07) is 5.62. The highest BCUT2D eigenvalue weighted by Gasteiger charge is 2.19. The van der Waals surface area contributed by atoms with Gasteiger partial charge in [0.15, 0.2) is 0 Å². The maximum Gasteiger partial charge on any atom is 0.0987 e. The Morgan fingerprint density at radius 3 is 2.38 bits per heavy atom. The maximum atomic E-state index is 9.90. The summed E-state index contributed by atoms with van der Waals surface area (Å²) in [6.45, 7) is 6.26. The molecule has 0 aliphatic rings. The minimum absolute atomic E-state index is 0.245. The van der Waals surface area contributed by atoms with Gasteiger partial charge in [0.05, 0.1) is 11.8 Å². The fourth-order valence-corrected chi connectivity index (χ4v) is 1.18. The van der Waals surface area contributed by atoms with Gasteiger partial charge in [-0.3, -0.25) is 4.98 Å². The quantitative estimate of drug-likeness (QED) is 0.773. The van der Waals surface area contributed by atoms with E-state index in [1.165, 1.54) is 0 Å². The predicted octanol–water partition coefficient (Wildman–Crippen LogP) is 2.41. The molecule has 0 aliphatic carbocycles. The van der Waals surface area contributed by atoms with Crippen LogP contribution < -0.4 is 0 Å². The van der Waals surface area contributed by atoms with Gasteiger partial charge in [0.25, 0.3) is 0 Å². The molecule has 2 atom stereocenters. The minimum atomic E-state index is -0.443. The zero-order valence-electron chi connectivity index (χ0n) is 8.44. The number of rotatable bonds is 3. The highest BCUT2D eigenvalue weighted by molar-refractivity contribution is 5.07. The first kappa shape index (κ1) is 10.2. The molecule has 2 heteroatoms. The van der Waals surface area contributed by atoms with Crippen LogP contribution in [0.2, 0.25) is 0 Å². The summed E-state index contributed by atoms with van der Waals surface area (Å²) < 4.78 is 0. The van der Waals surface area contributed by atoms with Gasteiger partial charge in [-0.15, -0.1) is 0 Å². The molecule has 0 spiro atoms. The number of aliphatic hydroxyl groups is 1. The Balaban J connectivity index is 2.73. The van der Waals surface area contributed by atoms with Crippen LogP contribution in [0.4, 0.5) is 0 Å². The number of pyridine rings is 1. The first-order chi connectivity index (χ1) is 6.13. The fraction of sp³-hybridized carbons (Fsp3) is 0.545. The van der Waals surface area contributed by atoms with Crippen LogP contribution in [0.25, 0.3) is 0 Å². The Morgan fingerprint density at radius 1 is 1.23 bits per heavy atom. The van der Waals surface area contributed by atoms with E-state index in [9.17, 15) is 5.11 Å². The van der Waals surface area contributed by atoms with Crippen molar-refractivity contribution in [3.63, 3.8) is 0 Å². The highest BCUT2D eigenvalue weighted by Crippen LogP contribution is 2.25. The van der Waals surface area contributed by atoms with Crippen LogP contribution in [0, 0.1) is 11.8 Å². The average molecular weight is 179 g/mol. The summed E-state index contributed by atoms with van der Waals surface area (Å²) in [4.78, 5) is 4.13. The van der Waals surface area contributed by atoms with Crippen molar-refractivity contribution in [1.29, 1.82) is 0 Å². The van der Waals surface area contributed by atoms with Crippen molar-refractivity contribution in [2.24, 2.45) is 11.8 Å². The van der Waals surface area contributed by atoms with Crippen molar-refractivity contribution in [2.45, 2.75) is 26.9 Å². The third-order valence-corrected chi connectivity index (χ3v) is 2.54. The SMILES string of the molecule is CC(C)C(C)C(O)c1ccccn1. The number of hydrogen-bond acceptors (Lipinski definition) is 2. The van der Waals surface area contributed by atoms with Gasteiger partial charge in [0, 0.05) is 6.20 Å². The van der Waals surface area contributed by atoms with Crippen LogP contribution in [-0.2, 0) is 0 Å². The molecule has 1 rings (SSSR count). The fourth-order valence-electron chi connectivity index (χ4n) is 1.18. The van der Waals surface area contributed by atoms with Crippen LogP contribution >= 0.6 is 0 Å². The van der Waals surface area contributed by atoms with E-state index in [4.69, 9.17) is 0 Å². The lowest BCUT2D eigenvalue weighted by Crippen LogP contribution is -2.15. The number of aliphatic hydroxyl groups excluding tert-OH is 1. The zero-order valence-corrected chi connectivity index (χ0v) is 8.44. The summed E-state index contributed by atoms with van der Waals surface area (Å²) in [6.07, 6.45) is 1.27. The lowest BCUT2D eigenvalue weighted by atomic mass is 9.90. The molecule has 0 saturated heterocycles. The molecule has 1 aromatic heterocycles. The average Bonchev–Trinajstić information content (AvgIpc) is 2.17. The van der Waals surface area contributed by atoms with Gasteiger partial charge in [-0.2, -0.15) is 0 Å². The number of hydrogen-bond donors (Lipinski definition) is 1. The van der Waals surface area contributed by atoms with E-state index in [0.29, 0.717) is 5.92 Å². The molecule has 0 saturated carbocycles. The van der Waals surface area contributed by atoms with E-state index in [1.807, 2.05) is 25.1 Å². The second kappa shape index (κ2) is 4.38. The molecule has 0 radical (unpaired) electrons. The molecule has 1 heterocycles. The highest BCUT2D eigenvalue weighted by atomic mass is 16.3. The van der Waals surface area contributed by atoms with Crippen LogP contribution in [-0.4, -0.2) is 10.1 Å². The first-order valence-electron chi connectivity index (χ1n) is 4.72. The molecule has 0 aliphatic heterocycles. The molecule has 2 unspecified atom stereocenters. The van der Waals surface area contributed by atoms with Gasteiger partial charge in [0.2, 0.25) is 0 Å². The van der Waals surface area contributed by atoms with E-state index in [-0.39, 0.29) is 5.92 Å². The van der Waals surface area contributed by atoms with Gasteiger partial charge in [-0.1, -0.05) is 26.8 Å². The van der Waals surface area contributed by atoms with Crippen LogP contribution in [0.1, 0.15) is 32.6 Å². The van der Waals surface area contributed by atoms with Crippen molar-refractivity contribution >= 4 is 0 Å². The molecule has 0 amide bonds. The van der Waals surface area contributed by atoms with Crippen molar-refractivity contribution in [1.82, 2.24) is 4.98 Å². The van der Waals surface area contributed by atoms with Crippen LogP contribution in [0.5, 0.6) is 0 Å².